The monoisotopic (exact) mass is 473 g/mol. The normalized spacial score (nSPS) is 11.3. The molecule has 11 nitrogen and oxygen atoms in total. The molecule has 11 heteroatoms. The average Bonchev–Trinajstić information content (AvgIpc) is 3.07. The van der Waals surface area contributed by atoms with Crippen LogP contribution in [0.15, 0.2) is 35.7 Å². The molecule has 3 N–H and O–H groups in total. The predicted molar refractivity (Wildman–Crippen MR) is 125 cm³/mol. The fraction of sp³-hybridized carbons (Fsp3) is 0.435. The van der Waals surface area contributed by atoms with Crippen LogP contribution in [0.2, 0.25) is 0 Å². The fourth-order valence-electron chi connectivity index (χ4n) is 2.70. The molecule has 0 unspecified atom stereocenters. The Hall–Kier alpha value is -3.89. The highest BCUT2D eigenvalue weighted by atomic mass is 16.6. The molecule has 2 aromatic rings. The van der Waals surface area contributed by atoms with Gasteiger partial charge < -0.3 is 19.2 Å². The maximum atomic E-state index is 12.4. The number of aromatic nitrogens is 2. The lowest BCUT2D eigenvalue weighted by Gasteiger charge is -2.22. The lowest BCUT2D eigenvalue weighted by molar-refractivity contribution is 0.0542. The van der Waals surface area contributed by atoms with Gasteiger partial charge in [0.1, 0.15) is 16.9 Å². The van der Waals surface area contributed by atoms with Crippen LogP contribution < -0.4 is 10.6 Å². The van der Waals surface area contributed by atoms with Gasteiger partial charge in [-0.25, -0.2) is 19.4 Å². The van der Waals surface area contributed by atoms with Crippen LogP contribution in [0.5, 0.6) is 0 Å². The zero-order chi connectivity index (χ0) is 25.5. The minimum Gasteiger partial charge on any atom is -0.464 e. The van der Waals surface area contributed by atoms with Crippen molar-refractivity contribution in [3.8, 4) is 0 Å². The number of carbonyl (C=O) groups is 3. The minimum atomic E-state index is -0.855. The van der Waals surface area contributed by atoms with E-state index in [9.17, 15) is 14.4 Å². The third-order valence-electron chi connectivity index (χ3n) is 3.90. The molecule has 2 rings (SSSR count). The van der Waals surface area contributed by atoms with Gasteiger partial charge in [0.2, 0.25) is 5.96 Å². The second-order valence-electron chi connectivity index (χ2n) is 9.28. The summed E-state index contributed by atoms with van der Waals surface area (Å²) in [5.74, 6) is -0.967. The minimum absolute atomic E-state index is 0.0378. The first kappa shape index (κ1) is 26.4. The van der Waals surface area contributed by atoms with Gasteiger partial charge in [0.25, 0.3) is 0 Å². The van der Waals surface area contributed by atoms with E-state index in [-0.39, 0.29) is 17.3 Å². The Morgan fingerprint density at radius 3 is 2.09 bits per heavy atom. The first-order valence-electron chi connectivity index (χ1n) is 10.5. The number of carbonyl (C=O) groups excluding carboxylic acids is 3. The quantitative estimate of drug-likeness (QED) is 0.265. The molecule has 2 heterocycles. The van der Waals surface area contributed by atoms with Crippen molar-refractivity contribution < 1.29 is 28.6 Å². The van der Waals surface area contributed by atoms with Crippen LogP contribution in [0.1, 0.15) is 63.2 Å². The molecule has 0 atom stereocenters. The molecule has 184 valence electrons. The van der Waals surface area contributed by atoms with Gasteiger partial charge in [-0.15, -0.1) is 0 Å². The first-order chi connectivity index (χ1) is 15.8. The Morgan fingerprint density at radius 1 is 1.03 bits per heavy atom. The zero-order valence-electron chi connectivity index (χ0n) is 20.4. The second kappa shape index (κ2) is 10.8. The SMILES string of the molecule is COC(=O)c1[nH]cc(Cc2cccnc2)c1N=C(NC(=O)OC(C)(C)C)NC(=O)OC(C)(C)C. The number of pyridine rings is 1. The van der Waals surface area contributed by atoms with E-state index in [0.29, 0.717) is 12.0 Å². The molecular formula is C23H31N5O6. The van der Waals surface area contributed by atoms with E-state index in [1.807, 2.05) is 6.07 Å². The third-order valence-corrected chi connectivity index (χ3v) is 3.90. The molecule has 0 aliphatic carbocycles. The standard InChI is InChI=1S/C23H31N5O6/c1-22(2,3)33-20(30)27-19(28-21(31)34-23(4,5)6)26-16-15(11-14-9-8-10-24-12-14)13-25-17(16)18(29)32-7/h8-10,12-13,25H,11H2,1-7H3,(H2,26,27,28,30,31). The van der Waals surface area contributed by atoms with Crippen molar-refractivity contribution in [1.29, 1.82) is 0 Å². The van der Waals surface area contributed by atoms with E-state index in [0.717, 1.165) is 5.56 Å². The van der Waals surface area contributed by atoms with Crippen LogP contribution in [0.25, 0.3) is 0 Å². The number of nitrogens with zero attached hydrogens (tertiary/aromatic N) is 2. The van der Waals surface area contributed by atoms with E-state index >= 15 is 0 Å². The van der Waals surface area contributed by atoms with Crippen molar-refractivity contribution in [3.63, 3.8) is 0 Å². The molecule has 0 bridgehead atoms. The van der Waals surface area contributed by atoms with Crippen molar-refractivity contribution in [1.82, 2.24) is 20.6 Å². The van der Waals surface area contributed by atoms with Crippen molar-refractivity contribution in [2.45, 2.75) is 59.2 Å². The molecule has 0 aromatic carbocycles. The van der Waals surface area contributed by atoms with E-state index in [1.54, 1.807) is 66.2 Å². The number of guanidine groups is 1. The van der Waals surface area contributed by atoms with Crippen LogP contribution >= 0.6 is 0 Å². The molecule has 0 spiro atoms. The number of aliphatic imine (C=N–C) groups is 1. The number of alkyl carbamates (subject to hydrolysis) is 2. The summed E-state index contributed by atoms with van der Waals surface area (Å²) in [4.78, 5) is 48.4. The van der Waals surface area contributed by atoms with E-state index in [4.69, 9.17) is 14.2 Å². The Kier molecular flexibility index (Phi) is 8.39. The fourth-order valence-corrected chi connectivity index (χ4v) is 2.70. The summed E-state index contributed by atoms with van der Waals surface area (Å²) >= 11 is 0. The topological polar surface area (TPSA) is 144 Å². The largest absolute Gasteiger partial charge is 0.464 e. The van der Waals surface area contributed by atoms with Crippen molar-refractivity contribution in [2.24, 2.45) is 4.99 Å². The van der Waals surface area contributed by atoms with E-state index < -0.39 is 29.4 Å². The summed E-state index contributed by atoms with van der Waals surface area (Å²) in [6.07, 6.45) is 3.57. The van der Waals surface area contributed by atoms with Gasteiger partial charge in [-0.3, -0.25) is 15.6 Å². The van der Waals surface area contributed by atoms with Gasteiger partial charge in [0.15, 0.2) is 5.69 Å². The Bertz CT molecular complexity index is 1020. The Morgan fingerprint density at radius 2 is 1.62 bits per heavy atom. The highest BCUT2D eigenvalue weighted by Gasteiger charge is 2.24. The first-order valence-corrected chi connectivity index (χ1v) is 10.5. The number of hydrogen-bond acceptors (Lipinski definition) is 8. The summed E-state index contributed by atoms with van der Waals surface area (Å²) in [7, 11) is 1.23. The summed E-state index contributed by atoms with van der Waals surface area (Å²) in [5, 5.41) is 4.80. The molecule has 0 aliphatic heterocycles. The number of rotatable bonds is 4. The molecule has 0 radical (unpaired) electrons. The number of nitrogens with one attached hydrogen (secondary N) is 3. The predicted octanol–water partition coefficient (Wildman–Crippen LogP) is 3.82. The maximum absolute atomic E-state index is 12.4. The summed E-state index contributed by atoms with van der Waals surface area (Å²) in [5.41, 5.74) is 0.0723. The van der Waals surface area contributed by atoms with Gasteiger partial charge >= 0.3 is 18.2 Å². The zero-order valence-corrected chi connectivity index (χ0v) is 20.4. The molecule has 0 saturated heterocycles. The molecule has 2 amide bonds. The van der Waals surface area contributed by atoms with Gasteiger partial charge in [-0.2, -0.15) is 0 Å². The highest BCUT2D eigenvalue weighted by Crippen LogP contribution is 2.27. The number of amides is 2. The lowest BCUT2D eigenvalue weighted by Crippen LogP contribution is -2.47. The molecule has 0 aliphatic rings. The number of H-pyrrole nitrogens is 1. The molecular weight excluding hydrogens is 442 g/mol. The number of ether oxygens (including phenoxy) is 3. The third kappa shape index (κ3) is 8.57. The van der Waals surface area contributed by atoms with E-state index in [1.165, 1.54) is 7.11 Å². The van der Waals surface area contributed by atoms with Crippen LogP contribution in [-0.4, -0.2) is 52.4 Å². The van der Waals surface area contributed by atoms with Crippen LogP contribution in [-0.2, 0) is 20.6 Å². The summed E-state index contributed by atoms with van der Waals surface area (Å²) in [6.45, 7) is 10.2. The average molecular weight is 474 g/mol. The molecule has 0 fully saturated rings. The summed E-state index contributed by atoms with van der Waals surface area (Å²) in [6, 6.07) is 3.65. The summed E-state index contributed by atoms with van der Waals surface area (Å²) < 4.78 is 15.4. The van der Waals surface area contributed by atoms with Crippen molar-refractivity contribution in [2.75, 3.05) is 7.11 Å². The Labute approximate surface area is 198 Å². The Balaban J connectivity index is 2.48. The van der Waals surface area contributed by atoms with Gasteiger partial charge in [-0.1, -0.05) is 6.07 Å². The number of methoxy groups -OCH3 is 1. The van der Waals surface area contributed by atoms with Gasteiger partial charge in [0, 0.05) is 30.6 Å². The second-order valence-corrected chi connectivity index (χ2v) is 9.28. The van der Waals surface area contributed by atoms with Crippen molar-refractivity contribution >= 4 is 29.8 Å². The molecule has 0 saturated carbocycles. The number of hydrogen-bond donors (Lipinski definition) is 3. The molecule has 2 aromatic heterocycles. The van der Waals surface area contributed by atoms with Crippen LogP contribution in [0.4, 0.5) is 15.3 Å². The van der Waals surface area contributed by atoms with Gasteiger partial charge in [0.05, 0.1) is 7.11 Å². The maximum Gasteiger partial charge on any atom is 0.414 e. The number of aromatic amines is 1. The van der Waals surface area contributed by atoms with Crippen molar-refractivity contribution in [3.05, 3.63) is 47.5 Å². The molecule has 34 heavy (non-hydrogen) atoms. The lowest BCUT2D eigenvalue weighted by atomic mass is 10.1. The van der Waals surface area contributed by atoms with Crippen LogP contribution in [0.3, 0.4) is 0 Å². The van der Waals surface area contributed by atoms with Crippen LogP contribution in [0, 0.1) is 0 Å². The number of esters is 1. The van der Waals surface area contributed by atoms with Gasteiger partial charge in [-0.05, 0) is 53.2 Å². The highest BCUT2D eigenvalue weighted by molar-refractivity contribution is 6.04. The smallest absolute Gasteiger partial charge is 0.414 e. The van der Waals surface area contributed by atoms with E-state index in [2.05, 4.69) is 25.6 Å².